The van der Waals surface area contributed by atoms with E-state index in [1.54, 1.807) is 0 Å². The molecule has 1 aliphatic rings. The van der Waals surface area contributed by atoms with Crippen molar-refractivity contribution in [1.82, 2.24) is 0 Å². The lowest BCUT2D eigenvalue weighted by atomic mass is 9.98. The molecule has 1 heterocycles. The molecule has 3 nitrogen and oxygen atoms in total. The maximum absolute atomic E-state index is 10.6. The fourth-order valence-electron chi connectivity index (χ4n) is 2.60. The summed E-state index contributed by atoms with van der Waals surface area (Å²) >= 11 is 0. The fourth-order valence-corrected chi connectivity index (χ4v) is 2.60. The zero-order valence-corrected chi connectivity index (χ0v) is 11.0. The minimum Gasteiger partial charge on any atom is -0.481 e. The van der Waals surface area contributed by atoms with Gasteiger partial charge in [0.25, 0.3) is 0 Å². The van der Waals surface area contributed by atoms with E-state index < -0.39 is 5.97 Å². The van der Waals surface area contributed by atoms with Crippen LogP contribution in [-0.2, 0) is 17.6 Å². The van der Waals surface area contributed by atoms with Gasteiger partial charge in [-0.2, -0.15) is 0 Å². The third kappa shape index (κ3) is 3.03. The van der Waals surface area contributed by atoms with Gasteiger partial charge < -0.3 is 10.0 Å². The molecule has 1 aromatic carbocycles. The molecule has 2 rings (SSSR count). The predicted octanol–water partition coefficient (Wildman–Crippen LogP) is 2.87. The summed E-state index contributed by atoms with van der Waals surface area (Å²) < 4.78 is 0. The third-order valence-corrected chi connectivity index (χ3v) is 3.49. The summed E-state index contributed by atoms with van der Waals surface area (Å²) in [6, 6.07) is 6.44. The Hall–Kier alpha value is -1.51. The molecular weight excluding hydrogens is 226 g/mol. The average molecular weight is 247 g/mol. The summed E-state index contributed by atoms with van der Waals surface area (Å²) in [6.07, 6.45) is 4.37. The normalized spacial score (nSPS) is 14.4. The smallest absolute Gasteiger partial charge is 0.303 e. The molecule has 3 heteroatoms. The number of hydrogen-bond donors (Lipinski definition) is 1. The van der Waals surface area contributed by atoms with Gasteiger partial charge in [-0.3, -0.25) is 4.79 Å². The molecule has 0 fully saturated rings. The molecule has 18 heavy (non-hydrogen) atoms. The second-order valence-corrected chi connectivity index (χ2v) is 4.95. The molecule has 1 aromatic rings. The lowest BCUT2D eigenvalue weighted by Crippen LogP contribution is -2.30. The molecule has 0 aromatic heterocycles. The van der Waals surface area contributed by atoms with Gasteiger partial charge in [0, 0.05) is 25.2 Å². The Bertz CT molecular complexity index is 429. The molecule has 1 aliphatic heterocycles. The van der Waals surface area contributed by atoms with E-state index in [4.69, 9.17) is 5.11 Å². The summed E-state index contributed by atoms with van der Waals surface area (Å²) in [7, 11) is 0. The molecular formula is C15H21NO2. The first-order valence-electron chi connectivity index (χ1n) is 6.79. The molecule has 0 saturated carbocycles. The van der Waals surface area contributed by atoms with Gasteiger partial charge in [0.2, 0.25) is 0 Å². The first kappa shape index (κ1) is 12.9. The fraction of sp³-hybridized carbons (Fsp3) is 0.533. The van der Waals surface area contributed by atoms with Gasteiger partial charge in [-0.25, -0.2) is 0 Å². The monoisotopic (exact) mass is 247 g/mol. The molecule has 0 atom stereocenters. The van der Waals surface area contributed by atoms with Gasteiger partial charge in [-0.05, 0) is 42.9 Å². The van der Waals surface area contributed by atoms with Crippen molar-refractivity contribution in [3.8, 4) is 0 Å². The van der Waals surface area contributed by atoms with Crippen molar-refractivity contribution < 1.29 is 9.90 Å². The summed E-state index contributed by atoms with van der Waals surface area (Å²) in [5.41, 5.74) is 3.87. The number of anilines is 1. The Morgan fingerprint density at radius 3 is 3.00 bits per heavy atom. The van der Waals surface area contributed by atoms with Crippen molar-refractivity contribution >= 4 is 11.7 Å². The van der Waals surface area contributed by atoms with Crippen molar-refractivity contribution in [3.63, 3.8) is 0 Å². The highest BCUT2D eigenvalue weighted by atomic mass is 16.4. The van der Waals surface area contributed by atoms with Gasteiger partial charge in [0.05, 0.1) is 0 Å². The van der Waals surface area contributed by atoms with Crippen LogP contribution < -0.4 is 4.90 Å². The molecule has 0 radical (unpaired) electrons. The van der Waals surface area contributed by atoms with Crippen LogP contribution in [-0.4, -0.2) is 24.2 Å². The van der Waals surface area contributed by atoms with Gasteiger partial charge in [-0.15, -0.1) is 0 Å². The van der Waals surface area contributed by atoms with Crippen LogP contribution in [0.4, 0.5) is 5.69 Å². The van der Waals surface area contributed by atoms with Crippen LogP contribution >= 0.6 is 0 Å². The number of nitrogens with zero attached hydrogens (tertiary/aromatic N) is 1. The molecule has 0 aliphatic carbocycles. The van der Waals surface area contributed by atoms with Crippen molar-refractivity contribution in [3.05, 3.63) is 29.3 Å². The standard InChI is InChI=1S/C15H21NO2/c1-2-9-16-10-3-4-13-7-5-12(11-14(13)16)6-8-15(17)18/h5,7,11H,2-4,6,8-10H2,1H3,(H,17,18). The Balaban J connectivity index is 2.16. The van der Waals surface area contributed by atoms with Crippen LogP contribution in [0.15, 0.2) is 18.2 Å². The molecule has 1 N–H and O–H groups in total. The Labute approximate surface area is 108 Å². The molecule has 0 bridgehead atoms. The van der Waals surface area contributed by atoms with Crippen LogP contribution in [0.5, 0.6) is 0 Å². The number of aliphatic carboxylic acids is 1. The zero-order valence-electron chi connectivity index (χ0n) is 11.0. The summed E-state index contributed by atoms with van der Waals surface area (Å²) in [5, 5.41) is 8.74. The Morgan fingerprint density at radius 1 is 1.44 bits per heavy atom. The largest absolute Gasteiger partial charge is 0.481 e. The van der Waals surface area contributed by atoms with Crippen LogP contribution in [0, 0.1) is 0 Å². The van der Waals surface area contributed by atoms with Crippen molar-refractivity contribution in [1.29, 1.82) is 0 Å². The van der Waals surface area contributed by atoms with Gasteiger partial charge in [0.15, 0.2) is 0 Å². The van der Waals surface area contributed by atoms with Crippen LogP contribution in [0.1, 0.15) is 37.3 Å². The maximum Gasteiger partial charge on any atom is 0.303 e. The number of benzene rings is 1. The number of hydrogen-bond acceptors (Lipinski definition) is 2. The van der Waals surface area contributed by atoms with E-state index in [1.165, 1.54) is 17.7 Å². The first-order chi connectivity index (χ1) is 8.70. The number of fused-ring (bicyclic) bond motifs is 1. The van der Waals surface area contributed by atoms with Crippen LogP contribution in [0.25, 0.3) is 0 Å². The number of carbonyl (C=O) groups is 1. The van der Waals surface area contributed by atoms with Gasteiger partial charge in [-0.1, -0.05) is 19.1 Å². The maximum atomic E-state index is 10.6. The summed E-state index contributed by atoms with van der Waals surface area (Å²) in [5.74, 6) is -0.724. The minimum absolute atomic E-state index is 0.215. The van der Waals surface area contributed by atoms with E-state index in [1.807, 2.05) is 0 Å². The number of carboxylic acids is 1. The van der Waals surface area contributed by atoms with Crippen molar-refractivity contribution in [2.24, 2.45) is 0 Å². The summed E-state index contributed by atoms with van der Waals surface area (Å²) in [6.45, 7) is 4.42. The minimum atomic E-state index is -0.724. The SMILES string of the molecule is CCCN1CCCc2ccc(CCC(=O)O)cc21. The average Bonchev–Trinajstić information content (AvgIpc) is 2.37. The van der Waals surface area contributed by atoms with E-state index in [2.05, 4.69) is 30.0 Å². The lowest BCUT2D eigenvalue weighted by molar-refractivity contribution is -0.136. The van der Waals surface area contributed by atoms with E-state index in [0.717, 1.165) is 31.5 Å². The van der Waals surface area contributed by atoms with Gasteiger partial charge >= 0.3 is 5.97 Å². The lowest BCUT2D eigenvalue weighted by Gasteiger charge is -2.31. The first-order valence-corrected chi connectivity index (χ1v) is 6.79. The van der Waals surface area contributed by atoms with E-state index in [9.17, 15) is 4.79 Å². The molecule has 98 valence electrons. The van der Waals surface area contributed by atoms with Crippen molar-refractivity contribution in [2.75, 3.05) is 18.0 Å². The summed E-state index contributed by atoms with van der Waals surface area (Å²) in [4.78, 5) is 13.1. The number of aryl methyl sites for hydroxylation is 2. The second-order valence-electron chi connectivity index (χ2n) is 4.95. The number of carboxylic acid groups (broad SMARTS) is 1. The Morgan fingerprint density at radius 2 is 2.28 bits per heavy atom. The third-order valence-electron chi connectivity index (χ3n) is 3.49. The predicted molar refractivity (Wildman–Crippen MR) is 73.2 cm³/mol. The molecule has 0 saturated heterocycles. The quantitative estimate of drug-likeness (QED) is 0.869. The number of rotatable bonds is 5. The van der Waals surface area contributed by atoms with Gasteiger partial charge in [0.1, 0.15) is 0 Å². The Kier molecular flexibility index (Phi) is 4.24. The van der Waals surface area contributed by atoms with E-state index in [-0.39, 0.29) is 6.42 Å². The highest BCUT2D eigenvalue weighted by Crippen LogP contribution is 2.28. The molecule has 0 unspecified atom stereocenters. The van der Waals surface area contributed by atoms with Crippen LogP contribution in [0.2, 0.25) is 0 Å². The zero-order chi connectivity index (χ0) is 13.0. The highest BCUT2D eigenvalue weighted by Gasteiger charge is 2.16. The highest BCUT2D eigenvalue weighted by molar-refractivity contribution is 5.67. The second kappa shape index (κ2) is 5.89. The molecule has 0 spiro atoms. The molecule has 0 amide bonds. The van der Waals surface area contributed by atoms with Crippen LogP contribution in [0.3, 0.4) is 0 Å². The van der Waals surface area contributed by atoms with Crippen molar-refractivity contribution in [2.45, 2.75) is 39.0 Å². The topological polar surface area (TPSA) is 40.5 Å². The van der Waals surface area contributed by atoms with E-state index >= 15 is 0 Å². The van der Waals surface area contributed by atoms with E-state index in [0.29, 0.717) is 6.42 Å².